The zero-order chi connectivity index (χ0) is 8.27. The van der Waals surface area contributed by atoms with Gasteiger partial charge in [-0.15, -0.1) is 11.6 Å². The fourth-order valence-electron chi connectivity index (χ4n) is 0.897. The van der Waals surface area contributed by atoms with Gasteiger partial charge in [-0.3, -0.25) is 9.78 Å². The molecule has 1 aromatic rings. The van der Waals surface area contributed by atoms with E-state index in [1.807, 2.05) is 6.92 Å². The molecule has 1 heterocycles. The van der Waals surface area contributed by atoms with Crippen molar-refractivity contribution in [1.82, 2.24) is 4.98 Å². The van der Waals surface area contributed by atoms with Crippen LogP contribution in [0.1, 0.15) is 21.5 Å². The SMILES string of the molecule is Cc1cncc(C=O)c1CCl. The maximum atomic E-state index is 10.4. The third-order valence-electron chi connectivity index (χ3n) is 1.57. The predicted octanol–water partition coefficient (Wildman–Crippen LogP) is 1.94. The second-order valence-corrected chi connectivity index (χ2v) is 2.54. The summed E-state index contributed by atoms with van der Waals surface area (Å²) in [7, 11) is 0. The van der Waals surface area contributed by atoms with E-state index in [4.69, 9.17) is 11.6 Å². The van der Waals surface area contributed by atoms with Crippen LogP contribution in [0.15, 0.2) is 12.4 Å². The average molecular weight is 170 g/mol. The second-order valence-electron chi connectivity index (χ2n) is 2.28. The van der Waals surface area contributed by atoms with Gasteiger partial charge in [-0.1, -0.05) is 0 Å². The van der Waals surface area contributed by atoms with Crippen LogP contribution in [0.3, 0.4) is 0 Å². The molecule has 0 amide bonds. The van der Waals surface area contributed by atoms with Gasteiger partial charge in [0.2, 0.25) is 0 Å². The molecule has 0 bridgehead atoms. The van der Waals surface area contributed by atoms with Crippen LogP contribution in [0.2, 0.25) is 0 Å². The quantitative estimate of drug-likeness (QED) is 0.500. The Kier molecular flexibility index (Phi) is 2.60. The van der Waals surface area contributed by atoms with E-state index in [2.05, 4.69) is 4.98 Å². The van der Waals surface area contributed by atoms with Gasteiger partial charge >= 0.3 is 0 Å². The molecule has 0 aromatic carbocycles. The maximum Gasteiger partial charge on any atom is 0.151 e. The third-order valence-corrected chi connectivity index (χ3v) is 1.83. The van der Waals surface area contributed by atoms with Crippen LogP contribution in [-0.2, 0) is 5.88 Å². The minimum absolute atomic E-state index is 0.364. The van der Waals surface area contributed by atoms with Gasteiger partial charge < -0.3 is 0 Å². The zero-order valence-corrected chi connectivity index (χ0v) is 6.93. The van der Waals surface area contributed by atoms with E-state index >= 15 is 0 Å². The summed E-state index contributed by atoms with van der Waals surface area (Å²) >= 11 is 5.63. The molecule has 0 saturated heterocycles. The lowest BCUT2D eigenvalue weighted by atomic mass is 10.1. The van der Waals surface area contributed by atoms with Crippen LogP contribution in [-0.4, -0.2) is 11.3 Å². The number of aldehydes is 1. The molecular formula is C8H8ClNO. The van der Waals surface area contributed by atoms with E-state index in [1.165, 1.54) is 6.20 Å². The van der Waals surface area contributed by atoms with Gasteiger partial charge in [0.05, 0.1) is 0 Å². The highest BCUT2D eigenvalue weighted by molar-refractivity contribution is 6.17. The summed E-state index contributed by atoms with van der Waals surface area (Å²) in [6.07, 6.45) is 4.00. The van der Waals surface area contributed by atoms with E-state index in [0.717, 1.165) is 17.4 Å². The Balaban J connectivity index is 3.23. The van der Waals surface area contributed by atoms with Crippen molar-refractivity contribution in [3.05, 3.63) is 29.1 Å². The summed E-state index contributed by atoms with van der Waals surface area (Å²) in [4.78, 5) is 14.3. The first-order valence-corrected chi connectivity index (χ1v) is 3.77. The summed E-state index contributed by atoms with van der Waals surface area (Å²) in [5.74, 6) is 0.364. The molecule has 1 aromatic heterocycles. The Morgan fingerprint density at radius 3 is 2.82 bits per heavy atom. The zero-order valence-electron chi connectivity index (χ0n) is 6.17. The molecule has 0 unspecified atom stereocenters. The molecule has 0 radical (unpaired) electrons. The minimum atomic E-state index is 0.364. The van der Waals surface area contributed by atoms with Crippen LogP contribution in [0.25, 0.3) is 0 Å². The Bertz CT molecular complexity index is 273. The summed E-state index contributed by atoms with van der Waals surface area (Å²) in [5.41, 5.74) is 2.42. The molecule has 0 spiro atoms. The lowest BCUT2D eigenvalue weighted by molar-refractivity contribution is 0.112. The highest BCUT2D eigenvalue weighted by Gasteiger charge is 2.02. The van der Waals surface area contributed by atoms with Crippen molar-refractivity contribution >= 4 is 17.9 Å². The topological polar surface area (TPSA) is 30.0 Å². The molecule has 0 aliphatic heterocycles. The van der Waals surface area contributed by atoms with E-state index in [0.29, 0.717) is 11.4 Å². The number of hydrogen-bond acceptors (Lipinski definition) is 2. The standard InChI is InChI=1S/C8H8ClNO/c1-6-3-10-4-7(5-11)8(6)2-9/h3-5H,2H2,1H3. The smallest absolute Gasteiger partial charge is 0.151 e. The number of alkyl halides is 1. The number of aromatic nitrogens is 1. The number of rotatable bonds is 2. The van der Waals surface area contributed by atoms with Crippen LogP contribution in [0.4, 0.5) is 0 Å². The van der Waals surface area contributed by atoms with Crippen molar-refractivity contribution in [3.8, 4) is 0 Å². The van der Waals surface area contributed by atoms with Gasteiger partial charge in [0.15, 0.2) is 6.29 Å². The predicted molar refractivity (Wildman–Crippen MR) is 43.9 cm³/mol. The first-order chi connectivity index (χ1) is 5.29. The van der Waals surface area contributed by atoms with Crippen molar-refractivity contribution in [2.45, 2.75) is 12.8 Å². The monoisotopic (exact) mass is 169 g/mol. The maximum absolute atomic E-state index is 10.4. The van der Waals surface area contributed by atoms with Crippen LogP contribution < -0.4 is 0 Å². The number of halogens is 1. The van der Waals surface area contributed by atoms with Gasteiger partial charge in [-0.05, 0) is 18.1 Å². The first-order valence-electron chi connectivity index (χ1n) is 3.24. The largest absolute Gasteiger partial charge is 0.298 e. The molecule has 11 heavy (non-hydrogen) atoms. The van der Waals surface area contributed by atoms with Crippen LogP contribution in [0.5, 0.6) is 0 Å². The number of nitrogens with zero attached hydrogens (tertiary/aromatic N) is 1. The molecule has 0 saturated carbocycles. The van der Waals surface area contributed by atoms with Crippen molar-refractivity contribution < 1.29 is 4.79 Å². The second kappa shape index (κ2) is 3.49. The van der Waals surface area contributed by atoms with Crippen molar-refractivity contribution in [2.24, 2.45) is 0 Å². The molecule has 1 rings (SSSR count). The molecule has 0 aliphatic carbocycles. The molecule has 0 fully saturated rings. The Labute approximate surface area is 70.2 Å². The van der Waals surface area contributed by atoms with Gasteiger partial charge in [0.25, 0.3) is 0 Å². The van der Waals surface area contributed by atoms with Crippen LogP contribution in [0, 0.1) is 6.92 Å². The molecular weight excluding hydrogens is 162 g/mol. The lowest BCUT2D eigenvalue weighted by Crippen LogP contribution is -1.94. The fourth-order valence-corrected chi connectivity index (χ4v) is 1.26. The Hall–Kier alpha value is -0.890. The molecule has 3 heteroatoms. The van der Waals surface area contributed by atoms with E-state index in [1.54, 1.807) is 6.20 Å². The molecule has 0 aliphatic rings. The molecule has 58 valence electrons. The number of hydrogen-bond donors (Lipinski definition) is 0. The molecule has 0 N–H and O–H groups in total. The van der Waals surface area contributed by atoms with E-state index < -0.39 is 0 Å². The van der Waals surface area contributed by atoms with Crippen molar-refractivity contribution in [2.75, 3.05) is 0 Å². The number of carbonyl (C=O) groups is 1. The van der Waals surface area contributed by atoms with Gasteiger partial charge in [0, 0.05) is 23.8 Å². The Morgan fingerprint density at radius 1 is 1.64 bits per heavy atom. The normalized spacial score (nSPS) is 9.64. The number of pyridine rings is 1. The Morgan fingerprint density at radius 2 is 2.36 bits per heavy atom. The van der Waals surface area contributed by atoms with Gasteiger partial charge in [-0.25, -0.2) is 0 Å². The summed E-state index contributed by atoms with van der Waals surface area (Å²) in [5, 5.41) is 0. The number of carbonyl (C=O) groups excluding carboxylic acids is 1. The van der Waals surface area contributed by atoms with E-state index in [-0.39, 0.29) is 0 Å². The summed E-state index contributed by atoms with van der Waals surface area (Å²) < 4.78 is 0. The average Bonchev–Trinajstić information content (AvgIpc) is 2.04. The minimum Gasteiger partial charge on any atom is -0.298 e. The highest BCUT2D eigenvalue weighted by atomic mass is 35.5. The van der Waals surface area contributed by atoms with Crippen molar-refractivity contribution in [3.63, 3.8) is 0 Å². The summed E-state index contributed by atoms with van der Waals surface area (Å²) in [6, 6.07) is 0. The molecule has 0 atom stereocenters. The number of aryl methyl sites for hydroxylation is 1. The summed E-state index contributed by atoms with van der Waals surface area (Å²) in [6.45, 7) is 1.89. The van der Waals surface area contributed by atoms with Gasteiger partial charge in [0.1, 0.15) is 0 Å². The van der Waals surface area contributed by atoms with E-state index in [9.17, 15) is 4.79 Å². The van der Waals surface area contributed by atoms with Crippen molar-refractivity contribution in [1.29, 1.82) is 0 Å². The lowest BCUT2D eigenvalue weighted by Gasteiger charge is -2.02. The fraction of sp³-hybridized carbons (Fsp3) is 0.250. The van der Waals surface area contributed by atoms with Crippen LogP contribution >= 0.6 is 11.6 Å². The molecule has 2 nitrogen and oxygen atoms in total. The highest BCUT2D eigenvalue weighted by Crippen LogP contribution is 2.12. The third kappa shape index (κ3) is 1.57. The van der Waals surface area contributed by atoms with Gasteiger partial charge in [-0.2, -0.15) is 0 Å². The first kappa shape index (κ1) is 8.21.